The van der Waals surface area contributed by atoms with Gasteiger partial charge >= 0.3 is 0 Å². The summed E-state index contributed by atoms with van der Waals surface area (Å²) in [5, 5.41) is 2.68. The molecule has 0 atom stereocenters. The average molecular weight is 262 g/mol. The summed E-state index contributed by atoms with van der Waals surface area (Å²) in [6.45, 7) is 7.25. The van der Waals surface area contributed by atoms with Crippen molar-refractivity contribution in [3.05, 3.63) is 35.4 Å². The molecule has 0 saturated carbocycles. The van der Waals surface area contributed by atoms with Crippen LogP contribution < -0.4 is 5.32 Å². The van der Waals surface area contributed by atoms with Crippen LogP contribution in [0.4, 0.5) is 0 Å². The number of hydrogen-bond donors (Lipinski definition) is 1. The fourth-order valence-corrected chi connectivity index (χ4v) is 1.91. The molecule has 1 aromatic carbocycles. The van der Waals surface area contributed by atoms with Crippen molar-refractivity contribution in [3.63, 3.8) is 0 Å². The number of nitrogens with zero attached hydrogens (tertiary/aromatic N) is 1. The zero-order chi connectivity index (χ0) is 14.3. The third-order valence-electron chi connectivity index (χ3n) is 3.17. The molecule has 0 fully saturated rings. The molecular formula is C15H22N2O2. The molecule has 4 nitrogen and oxygen atoms in total. The molecule has 4 heteroatoms. The standard InChI is InChI=1S/C15H22N2O2/c1-4-17(5-2)15(19)11-16-14(18)10-13-9-7-6-8-12(13)3/h6-9H,4-5,10-11H2,1-3H3,(H,16,18). The molecule has 0 aliphatic carbocycles. The first-order chi connectivity index (χ1) is 9.08. The molecule has 1 rings (SSSR count). The van der Waals surface area contributed by atoms with Crippen LogP contribution in [0.3, 0.4) is 0 Å². The summed E-state index contributed by atoms with van der Waals surface area (Å²) >= 11 is 0. The Morgan fingerprint density at radius 3 is 2.37 bits per heavy atom. The molecule has 0 aromatic heterocycles. The number of benzene rings is 1. The minimum absolute atomic E-state index is 0.0388. The summed E-state index contributed by atoms with van der Waals surface area (Å²) in [5.41, 5.74) is 2.09. The molecule has 1 N–H and O–H groups in total. The number of amides is 2. The summed E-state index contributed by atoms with van der Waals surface area (Å²) in [4.78, 5) is 25.2. The maximum Gasteiger partial charge on any atom is 0.241 e. The van der Waals surface area contributed by atoms with E-state index < -0.39 is 0 Å². The normalized spacial score (nSPS) is 10.1. The molecule has 0 unspecified atom stereocenters. The highest BCUT2D eigenvalue weighted by molar-refractivity contribution is 5.85. The first-order valence-corrected chi connectivity index (χ1v) is 6.67. The summed E-state index contributed by atoms with van der Waals surface area (Å²) < 4.78 is 0. The number of carbonyl (C=O) groups excluding carboxylic acids is 2. The Kier molecular flexibility index (Phi) is 6.06. The second-order valence-electron chi connectivity index (χ2n) is 4.45. The number of carbonyl (C=O) groups is 2. The lowest BCUT2D eigenvalue weighted by Crippen LogP contribution is -2.40. The van der Waals surface area contributed by atoms with E-state index in [1.165, 1.54) is 0 Å². The number of hydrogen-bond acceptors (Lipinski definition) is 2. The summed E-state index contributed by atoms with van der Waals surface area (Å²) in [6, 6.07) is 7.77. The van der Waals surface area contributed by atoms with Gasteiger partial charge in [0.25, 0.3) is 0 Å². The van der Waals surface area contributed by atoms with E-state index in [1.54, 1.807) is 4.90 Å². The number of nitrogens with one attached hydrogen (secondary N) is 1. The molecular weight excluding hydrogens is 240 g/mol. The zero-order valence-corrected chi connectivity index (χ0v) is 11.9. The molecule has 0 heterocycles. The molecule has 104 valence electrons. The van der Waals surface area contributed by atoms with E-state index in [0.29, 0.717) is 19.5 Å². The molecule has 1 aromatic rings. The highest BCUT2D eigenvalue weighted by Gasteiger charge is 2.11. The first kappa shape index (κ1) is 15.2. The maximum atomic E-state index is 11.8. The zero-order valence-electron chi connectivity index (χ0n) is 11.9. The van der Waals surface area contributed by atoms with E-state index in [-0.39, 0.29) is 18.4 Å². The SMILES string of the molecule is CCN(CC)C(=O)CNC(=O)Cc1ccccc1C. The van der Waals surface area contributed by atoms with E-state index >= 15 is 0 Å². The van der Waals surface area contributed by atoms with Crippen molar-refractivity contribution in [2.24, 2.45) is 0 Å². The van der Waals surface area contributed by atoms with Crippen molar-refractivity contribution in [1.29, 1.82) is 0 Å². The van der Waals surface area contributed by atoms with Gasteiger partial charge in [-0.3, -0.25) is 9.59 Å². The van der Waals surface area contributed by atoms with Gasteiger partial charge in [0.2, 0.25) is 11.8 Å². The van der Waals surface area contributed by atoms with Crippen LogP contribution in [-0.4, -0.2) is 36.3 Å². The molecule has 0 bridgehead atoms. The predicted molar refractivity (Wildman–Crippen MR) is 75.8 cm³/mol. The molecule has 0 aliphatic heterocycles. The largest absolute Gasteiger partial charge is 0.347 e. The van der Waals surface area contributed by atoms with E-state index in [4.69, 9.17) is 0 Å². The van der Waals surface area contributed by atoms with Crippen LogP contribution in [-0.2, 0) is 16.0 Å². The summed E-state index contributed by atoms with van der Waals surface area (Å²) in [6.07, 6.45) is 0.318. The van der Waals surface area contributed by atoms with Gasteiger partial charge in [0, 0.05) is 13.1 Å². The first-order valence-electron chi connectivity index (χ1n) is 6.67. The van der Waals surface area contributed by atoms with Gasteiger partial charge in [-0.2, -0.15) is 0 Å². The lowest BCUT2D eigenvalue weighted by molar-refractivity contribution is -0.132. The highest BCUT2D eigenvalue weighted by atomic mass is 16.2. The van der Waals surface area contributed by atoms with Crippen molar-refractivity contribution >= 4 is 11.8 Å². The minimum Gasteiger partial charge on any atom is -0.347 e. The topological polar surface area (TPSA) is 49.4 Å². The monoisotopic (exact) mass is 262 g/mol. The van der Waals surface area contributed by atoms with Crippen LogP contribution in [0.15, 0.2) is 24.3 Å². The molecule has 2 amide bonds. The van der Waals surface area contributed by atoms with Crippen molar-refractivity contribution in [2.45, 2.75) is 27.2 Å². The van der Waals surface area contributed by atoms with E-state index in [9.17, 15) is 9.59 Å². The van der Waals surface area contributed by atoms with Crippen LogP contribution in [0.1, 0.15) is 25.0 Å². The highest BCUT2D eigenvalue weighted by Crippen LogP contribution is 2.07. The maximum absolute atomic E-state index is 11.8. The van der Waals surface area contributed by atoms with Crippen LogP contribution >= 0.6 is 0 Å². The average Bonchev–Trinajstić information content (AvgIpc) is 2.40. The lowest BCUT2D eigenvalue weighted by Gasteiger charge is -2.18. The Morgan fingerprint density at radius 1 is 1.16 bits per heavy atom. The van der Waals surface area contributed by atoms with Gasteiger partial charge in [-0.05, 0) is 31.9 Å². The molecule has 0 spiro atoms. The Bertz CT molecular complexity index is 440. The fraction of sp³-hybridized carbons (Fsp3) is 0.467. The molecule has 0 aliphatic rings. The second kappa shape index (κ2) is 7.56. The van der Waals surface area contributed by atoms with Crippen LogP contribution in [0, 0.1) is 6.92 Å². The van der Waals surface area contributed by atoms with E-state index in [1.807, 2.05) is 45.0 Å². The van der Waals surface area contributed by atoms with Crippen LogP contribution in [0.5, 0.6) is 0 Å². The van der Waals surface area contributed by atoms with Gasteiger partial charge in [0.1, 0.15) is 0 Å². The van der Waals surface area contributed by atoms with Crippen molar-refractivity contribution in [1.82, 2.24) is 10.2 Å². The Hall–Kier alpha value is -1.84. The Morgan fingerprint density at radius 2 is 1.79 bits per heavy atom. The van der Waals surface area contributed by atoms with Crippen molar-refractivity contribution in [3.8, 4) is 0 Å². The fourth-order valence-electron chi connectivity index (χ4n) is 1.91. The van der Waals surface area contributed by atoms with Crippen molar-refractivity contribution in [2.75, 3.05) is 19.6 Å². The number of aryl methyl sites for hydroxylation is 1. The smallest absolute Gasteiger partial charge is 0.241 e. The predicted octanol–water partition coefficient (Wildman–Crippen LogP) is 1.52. The Labute approximate surface area is 114 Å². The van der Waals surface area contributed by atoms with E-state index in [2.05, 4.69) is 5.32 Å². The third-order valence-corrected chi connectivity index (χ3v) is 3.17. The third kappa shape index (κ3) is 4.73. The number of rotatable bonds is 6. The van der Waals surface area contributed by atoms with Crippen LogP contribution in [0.25, 0.3) is 0 Å². The van der Waals surface area contributed by atoms with Gasteiger partial charge in [0.15, 0.2) is 0 Å². The van der Waals surface area contributed by atoms with Gasteiger partial charge in [-0.1, -0.05) is 24.3 Å². The molecule has 19 heavy (non-hydrogen) atoms. The van der Waals surface area contributed by atoms with Gasteiger partial charge < -0.3 is 10.2 Å². The quantitative estimate of drug-likeness (QED) is 0.845. The molecule has 0 saturated heterocycles. The van der Waals surface area contributed by atoms with Gasteiger partial charge in [-0.25, -0.2) is 0 Å². The summed E-state index contributed by atoms with van der Waals surface area (Å²) in [7, 11) is 0. The van der Waals surface area contributed by atoms with Gasteiger partial charge in [0.05, 0.1) is 13.0 Å². The van der Waals surface area contributed by atoms with E-state index in [0.717, 1.165) is 11.1 Å². The second-order valence-corrected chi connectivity index (χ2v) is 4.45. The minimum atomic E-state index is -0.116. The Balaban J connectivity index is 2.44. The van der Waals surface area contributed by atoms with Gasteiger partial charge in [-0.15, -0.1) is 0 Å². The molecule has 0 radical (unpaired) electrons. The van der Waals surface area contributed by atoms with Crippen LogP contribution in [0.2, 0.25) is 0 Å². The number of likely N-dealkylation sites (N-methyl/N-ethyl adjacent to an activating group) is 1. The summed E-state index contributed by atoms with van der Waals surface area (Å²) in [5.74, 6) is -0.155. The van der Waals surface area contributed by atoms with Crippen molar-refractivity contribution < 1.29 is 9.59 Å². The lowest BCUT2D eigenvalue weighted by atomic mass is 10.1.